The van der Waals surface area contributed by atoms with Crippen molar-refractivity contribution in [2.75, 3.05) is 25.1 Å². The summed E-state index contributed by atoms with van der Waals surface area (Å²) < 4.78 is 19.1. The van der Waals surface area contributed by atoms with E-state index in [-0.39, 0.29) is 14.9 Å². The van der Waals surface area contributed by atoms with Crippen LogP contribution in [0, 0.1) is 25.4 Å². The first kappa shape index (κ1) is 17.1. The molecule has 0 fully saturated rings. The van der Waals surface area contributed by atoms with Crippen LogP contribution in [0.2, 0.25) is 0 Å². The van der Waals surface area contributed by atoms with E-state index in [1.54, 1.807) is 22.6 Å². The first-order valence-corrected chi connectivity index (χ1v) is 7.44. The average molecular weight is 396 g/mol. The molecular formula is C13H18FIN2O3. The highest BCUT2D eigenvalue weighted by atomic mass is 127. The van der Waals surface area contributed by atoms with Gasteiger partial charge in [-0.2, -0.15) is 0 Å². The van der Waals surface area contributed by atoms with Crippen molar-refractivity contribution in [1.82, 2.24) is 0 Å². The molecule has 1 rings (SSSR count). The standard InChI is InChI=1S/C13H18FIN2O3/c1-9(2)8-20-5-3-4-16-12-6-10(14)11(15)7-13(12)17(18)19/h6-7,9,16H,3-5,8H2,1-2H3. The minimum absolute atomic E-state index is 0.112. The Morgan fingerprint density at radius 1 is 1.50 bits per heavy atom. The first-order chi connectivity index (χ1) is 9.41. The van der Waals surface area contributed by atoms with Crippen LogP contribution in [0.4, 0.5) is 15.8 Å². The minimum Gasteiger partial charge on any atom is -0.381 e. The molecule has 0 heterocycles. The fourth-order valence-corrected chi connectivity index (χ4v) is 2.00. The van der Waals surface area contributed by atoms with Gasteiger partial charge in [-0.15, -0.1) is 0 Å². The van der Waals surface area contributed by atoms with Crippen LogP contribution in [-0.4, -0.2) is 24.7 Å². The molecule has 0 bridgehead atoms. The topological polar surface area (TPSA) is 64.4 Å². The fourth-order valence-electron chi connectivity index (χ4n) is 1.55. The van der Waals surface area contributed by atoms with Crippen molar-refractivity contribution in [3.63, 3.8) is 0 Å². The van der Waals surface area contributed by atoms with Crippen LogP contribution in [0.25, 0.3) is 0 Å². The Kier molecular flexibility index (Phi) is 7.14. The van der Waals surface area contributed by atoms with E-state index in [1.807, 2.05) is 0 Å². The third-order valence-corrected chi connectivity index (χ3v) is 3.29. The predicted molar refractivity (Wildman–Crippen MR) is 84.5 cm³/mol. The molecule has 0 saturated heterocycles. The normalized spacial score (nSPS) is 10.8. The Balaban J connectivity index is 2.51. The molecule has 0 aliphatic rings. The maximum absolute atomic E-state index is 13.4. The number of anilines is 1. The Morgan fingerprint density at radius 2 is 2.20 bits per heavy atom. The van der Waals surface area contributed by atoms with Gasteiger partial charge in [0.2, 0.25) is 0 Å². The highest BCUT2D eigenvalue weighted by Gasteiger charge is 2.16. The van der Waals surface area contributed by atoms with Gasteiger partial charge < -0.3 is 10.1 Å². The number of nitro benzene ring substituents is 1. The van der Waals surface area contributed by atoms with E-state index >= 15 is 0 Å². The van der Waals surface area contributed by atoms with Crippen molar-refractivity contribution in [2.24, 2.45) is 5.92 Å². The van der Waals surface area contributed by atoms with Crippen molar-refractivity contribution < 1.29 is 14.1 Å². The summed E-state index contributed by atoms with van der Waals surface area (Å²) in [6, 6.07) is 2.39. The molecule has 0 aliphatic heterocycles. The Bertz CT molecular complexity index is 469. The number of hydrogen-bond donors (Lipinski definition) is 1. The molecule has 0 atom stereocenters. The SMILES string of the molecule is CC(C)COCCCNc1cc(F)c(I)cc1[N+](=O)[O-]. The molecule has 0 amide bonds. The van der Waals surface area contributed by atoms with Crippen LogP contribution in [-0.2, 0) is 4.74 Å². The summed E-state index contributed by atoms with van der Waals surface area (Å²) in [5.41, 5.74) is 0.0932. The van der Waals surface area contributed by atoms with E-state index in [1.165, 1.54) is 6.07 Å². The van der Waals surface area contributed by atoms with Crippen molar-refractivity contribution in [2.45, 2.75) is 20.3 Å². The summed E-state index contributed by atoms with van der Waals surface area (Å²) in [7, 11) is 0. The molecule has 1 aromatic rings. The van der Waals surface area contributed by atoms with Crippen LogP contribution in [0.5, 0.6) is 0 Å². The van der Waals surface area contributed by atoms with Gasteiger partial charge in [0.15, 0.2) is 0 Å². The summed E-state index contributed by atoms with van der Waals surface area (Å²) in [6.07, 6.45) is 0.706. The summed E-state index contributed by atoms with van der Waals surface area (Å²) in [4.78, 5) is 10.4. The molecule has 20 heavy (non-hydrogen) atoms. The zero-order valence-corrected chi connectivity index (χ0v) is 13.6. The predicted octanol–water partition coefficient (Wildman–Crippen LogP) is 3.81. The second-order valence-corrected chi connectivity index (χ2v) is 5.95. The molecular weight excluding hydrogens is 378 g/mol. The molecule has 0 aromatic heterocycles. The largest absolute Gasteiger partial charge is 0.381 e. The van der Waals surface area contributed by atoms with Gasteiger partial charge in [-0.25, -0.2) is 4.39 Å². The van der Waals surface area contributed by atoms with E-state index in [4.69, 9.17) is 4.74 Å². The maximum Gasteiger partial charge on any atom is 0.293 e. The highest BCUT2D eigenvalue weighted by Crippen LogP contribution is 2.28. The van der Waals surface area contributed by atoms with E-state index in [0.717, 1.165) is 6.07 Å². The van der Waals surface area contributed by atoms with Crippen LogP contribution >= 0.6 is 22.6 Å². The van der Waals surface area contributed by atoms with Gasteiger partial charge in [0.1, 0.15) is 11.5 Å². The van der Waals surface area contributed by atoms with Gasteiger partial charge in [0.25, 0.3) is 5.69 Å². The van der Waals surface area contributed by atoms with Gasteiger partial charge in [0.05, 0.1) is 8.49 Å². The molecule has 5 nitrogen and oxygen atoms in total. The monoisotopic (exact) mass is 396 g/mol. The number of benzene rings is 1. The zero-order chi connectivity index (χ0) is 15.1. The zero-order valence-electron chi connectivity index (χ0n) is 11.5. The summed E-state index contributed by atoms with van der Waals surface area (Å²) in [5.74, 6) is 0.0177. The van der Waals surface area contributed by atoms with Crippen molar-refractivity contribution in [3.05, 3.63) is 31.6 Å². The highest BCUT2D eigenvalue weighted by molar-refractivity contribution is 14.1. The lowest BCUT2D eigenvalue weighted by Crippen LogP contribution is -2.10. The maximum atomic E-state index is 13.4. The molecule has 0 saturated carbocycles. The summed E-state index contributed by atoms with van der Waals surface area (Å²) >= 11 is 1.73. The van der Waals surface area contributed by atoms with E-state index in [0.29, 0.717) is 32.1 Å². The van der Waals surface area contributed by atoms with Crippen LogP contribution in [0.3, 0.4) is 0 Å². The molecule has 1 aromatic carbocycles. The van der Waals surface area contributed by atoms with E-state index < -0.39 is 10.7 Å². The van der Waals surface area contributed by atoms with Crippen LogP contribution in [0.15, 0.2) is 12.1 Å². The van der Waals surface area contributed by atoms with Crippen molar-refractivity contribution in [1.29, 1.82) is 0 Å². The molecule has 0 aliphatic carbocycles. The lowest BCUT2D eigenvalue weighted by Gasteiger charge is -2.09. The van der Waals surface area contributed by atoms with E-state index in [9.17, 15) is 14.5 Å². The second kappa shape index (κ2) is 8.35. The van der Waals surface area contributed by atoms with Gasteiger partial charge in [0, 0.05) is 31.9 Å². The third kappa shape index (κ3) is 5.58. The number of halogens is 2. The van der Waals surface area contributed by atoms with Gasteiger partial charge in [-0.1, -0.05) is 13.8 Å². The smallest absolute Gasteiger partial charge is 0.293 e. The number of nitrogens with one attached hydrogen (secondary N) is 1. The van der Waals surface area contributed by atoms with E-state index in [2.05, 4.69) is 19.2 Å². The molecule has 0 spiro atoms. The molecule has 7 heteroatoms. The van der Waals surface area contributed by atoms with Crippen LogP contribution in [0.1, 0.15) is 20.3 Å². The lowest BCUT2D eigenvalue weighted by atomic mass is 10.2. The average Bonchev–Trinajstić information content (AvgIpc) is 2.36. The number of ether oxygens (including phenoxy) is 1. The Hall–Kier alpha value is -0.960. The number of hydrogen-bond acceptors (Lipinski definition) is 4. The van der Waals surface area contributed by atoms with Gasteiger partial charge >= 0.3 is 0 Å². The Morgan fingerprint density at radius 3 is 2.80 bits per heavy atom. The quantitative estimate of drug-likeness (QED) is 0.314. The lowest BCUT2D eigenvalue weighted by molar-refractivity contribution is -0.384. The number of nitrogens with zero attached hydrogens (tertiary/aromatic N) is 1. The van der Waals surface area contributed by atoms with Gasteiger partial charge in [-0.05, 0) is 34.9 Å². The fraction of sp³-hybridized carbons (Fsp3) is 0.538. The third-order valence-electron chi connectivity index (χ3n) is 2.47. The molecule has 1 N–H and O–H groups in total. The summed E-state index contributed by atoms with van der Waals surface area (Å²) in [6.45, 7) is 5.90. The van der Waals surface area contributed by atoms with Crippen molar-refractivity contribution in [3.8, 4) is 0 Å². The Labute approximate surface area is 131 Å². The second-order valence-electron chi connectivity index (χ2n) is 4.79. The minimum atomic E-state index is -0.515. The van der Waals surface area contributed by atoms with Crippen LogP contribution < -0.4 is 5.32 Å². The number of rotatable bonds is 8. The number of nitro groups is 1. The summed E-state index contributed by atoms with van der Waals surface area (Å²) in [5, 5.41) is 13.8. The van der Waals surface area contributed by atoms with Gasteiger partial charge in [-0.3, -0.25) is 10.1 Å². The molecule has 0 radical (unpaired) electrons. The first-order valence-electron chi connectivity index (χ1n) is 6.37. The molecule has 0 unspecified atom stereocenters. The van der Waals surface area contributed by atoms with Crippen molar-refractivity contribution >= 4 is 34.0 Å². The molecule has 112 valence electrons.